The third kappa shape index (κ3) is 10.4. The van der Waals surface area contributed by atoms with E-state index in [1.54, 1.807) is 12.1 Å². The Morgan fingerprint density at radius 2 is 0.553 bits per heavy atom. The Kier molecular flexibility index (Phi) is 12.9. The lowest BCUT2D eigenvalue weighted by molar-refractivity contribution is 1.60. The monoisotopic (exact) mass is 1200 g/mol. The van der Waals surface area contributed by atoms with Gasteiger partial charge in [-0.15, -0.1) is 0 Å². The van der Waals surface area contributed by atoms with Gasteiger partial charge >= 0.3 is 0 Å². The van der Waals surface area contributed by atoms with Gasteiger partial charge in [-0.25, -0.2) is 4.85 Å². The van der Waals surface area contributed by atoms with E-state index in [2.05, 4.69) is 223 Å². The Balaban J connectivity index is 0.000000119. The molecule has 0 fully saturated rings. The first-order valence-electron chi connectivity index (χ1n) is 35.5. The van der Waals surface area contributed by atoms with Crippen molar-refractivity contribution in [3.05, 3.63) is 381 Å². The van der Waals surface area contributed by atoms with Gasteiger partial charge in [0.25, 0.3) is 0 Å². The van der Waals surface area contributed by atoms with Crippen LogP contribution < -0.4 is 0 Å². The molecule has 0 amide bonds. The van der Waals surface area contributed by atoms with E-state index in [1.807, 2.05) is 91.0 Å². The van der Waals surface area contributed by atoms with Crippen LogP contribution in [0.3, 0.4) is 0 Å². The lowest BCUT2D eigenvalue weighted by Crippen LogP contribution is -1.92. The number of nitrogens with zero attached hydrogens (tertiary/aromatic N) is 1. The van der Waals surface area contributed by atoms with Crippen LogP contribution >= 0.6 is 0 Å². The lowest BCUT2D eigenvalue weighted by Gasteiger charge is -2.19. The van der Waals surface area contributed by atoms with Crippen molar-refractivity contribution in [1.82, 2.24) is 0 Å². The Bertz CT molecular complexity index is 6210. The summed E-state index contributed by atoms with van der Waals surface area (Å²) >= 11 is 0. The number of hydrogen-bond acceptors (Lipinski definition) is 0. The van der Waals surface area contributed by atoms with E-state index in [0.29, 0.717) is 11.3 Å². The highest BCUT2D eigenvalue weighted by Crippen LogP contribution is 2.49. The highest BCUT2D eigenvalue weighted by Gasteiger charge is 2.21. The van der Waals surface area contributed by atoms with Gasteiger partial charge in [-0.05, 0) is 176 Å². The summed E-state index contributed by atoms with van der Waals surface area (Å²) in [4.78, 5) is 3.62. The average Bonchev–Trinajstić information content (AvgIpc) is 0.737. The van der Waals surface area contributed by atoms with E-state index >= 15 is 0 Å². The van der Waals surface area contributed by atoms with Crippen molar-refractivity contribution in [2.45, 2.75) is 0 Å². The lowest BCUT2D eigenvalue weighted by atomic mass is 9.84. The number of rotatable bonds is 7. The average molecular weight is 1200 g/mol. The molecule has 94 heavy (non-hydrogen) atoms. The maximum atomic E-state index is 8.68. The summed E-state index contributed by atoms with van der Waals surface area (Å²) in [5, 5.41) is 17.9. The van der Waals surface area contributed by atoms with Gasteiger partial charge in [0.05, 0.1) is 17.5 Å². The van der Waals surface area contributed by atoms with Crippen LogP contribution in [0.1, 0.15) is 11.0 Å². The third-order valence-corrected chi connectivity index (χ3v) is 18.1. The fraction of sp³-hybridized carbons (Fsp3) is 0. The Morgan fingerprint density at radius 1 is 0.202 bits per heavy atom. The van der Waals surface area contributed by atoms with Gasteiger partial charge in [-0.1, -0.05) is 358 Å². The summed E-state index contributed by atoms with van der Waals surface area (Å²) in [6, 6.07) is 109. The first-order chi connectivity index (χ1) is 49.9. The molecule has 18 rings (SSSR count). The molecule has 0 unspecified atom stereocenters. The minimum absolute atomic E-state index is 0.0469. The topological polar surface area (TPSA) is 4.36 Å². The van der Waals surface area contributed by atoms with Crippen molar-refractivity contribution in [2.24, 2.45) is 0 Å². The SMILES string of the molecule is [2H]c1c([2H])c([2H])c(-c2c3ccccc3c(-c3cccc4ccccc34)c3ccccc23)c([2H])c1[2H].[2H]c1cc(-c2ccccc2-c2c3ccccc3c(-c3ccccc3)c3ccccc23)cc([2H])c1[2H].[C-]#[N+]c1ccc2ccc(-c3c4ccccc4c(-c4ccccc4)c4ccccc34)cc2c1. The molecular formula is C93H61N. The van der Waals surface area contributed by atoms with Crippen molar-refractivity contribution in [1.29, 1.82) is 0 Å². The Hall–Kier alpha value is -12.5. The van der Waals surface area contributed by atoms with Crippen molar-refractivity contribution < 1.29 is 11.0 Å². The van der Waals surface area contributed by atoms with E-state index in [1.165, 1.54) is 65.7 Å². The van der Waals surface area contributed by atoms with Gasteiger partial charge in [0.15, 0.2) is 5.69 Å². The number of fused-ring (bicyclic) bond motifs is 8. The fourth-order valence-corrected chi connectivity index (χ4v) is 14.1. The summed E-state index contributed by atoms with van der Waals surface area (Å²) in [6.07, 6.45) is 0. The van der Waals surface area contributed by atoms with Crippen molar-refractivity contribution in [3.8, 4) is 77.9 Å². The molecule has 0 aliphatic rings. The normalized spacial score (nSPS) is 12.4. The fourth-order valence-electron chi connectivity index (χ4n) is 14.1. The van der Waals surface area contributed by atoms with Crippen LogP contribution in [0, 0.1) is 6.57 Å². The molecule has 0 aromatic heterocycles. The van der Waals surface area contributed by atoms with Crippen LogP contribution in [-0.4, -0.2) is 0 Å². The second-order valence-electron chi connectivity index (χ2n) is 23.3. The molecule has 0 spiro atoms. The first-order valence-corrected chi connectivity index (χ1v) is 31.5. The van der Waals surface area contributed by atoms with Gasteiger partial charge in [0.2, 0.25) is 0 Å². The summed E-state index contributed by atoms with van der Waals surface area (Å²) in [7, 11) is 0. The molecule has 0 N–H and O–H groups in total. The largest absolute Gasteiger partial charge is 0.238 e. The number of benzene rings is 18. The molecule has 18 aromatic carbocycles. The highest BCUT2D eigenvalue weighted by molar-refractivity contribution is 6.25. The van der Waals surface area contributed by atoms with E-state index in [9.17, 15) is 0 Å². The van der Waals surface area contributed by atoms with E-state index < -0.39 is 0 Å². The smallest absolute Gasteiger partial charge is 0.187 e. The third-order valence-electron chi connectivity index (χ3n) is 18.1. The van der Waals surface area contributed by atoms with Gasteiger partial charge in [0, 0.05) is 0 Å². The first kappa shape index (κ1) is 48.4. The summed E-state index contributed by atoms with van der Waals surface area (Å²) in [5.74, 6) is 0. The number of hydrogen-bond donors (Lipinski definition) is 0. The maximum absolute atomic E-state index is 8.68. The standard InChI is InChI=1S/C32H22.C31H19N.C30H20/c1-3-13-23(14-4-1)25-17-7-8-18-26(25)32-29-21-11-9-19-27(29)31(24-15-5-2-6-16-24)28-20-10-12-22-30(28)32;1-32-25-18-17-21-15-16-23(19-24(21)20-25)31-28-13-7-5-11-26(28)30(22-9-3-2-4-10-22)27-12-6-8-14-29(27)31;1-2-12-22(13-3-1)29-25-16-6-8-18-27(25)30(28-19-9-7-17-26(28)29)24-20-10-14-21-11-4-5-15-23(21)24/h1-22H;2-20H;1-20H/i1D,3D,4D;;1D,2D,3D,12D,13D. The van der Waals surface area contributed by atoms with Crippen LogP contribution in [0.15, 0.2) is 370 Å². The zero-order valence-electron chi connectivity index (χ0n) is 59.0. The molecule has 0 aliphatic heterocycles. The minimum Gasteiger partial charge on any atom is -0.238 e. The quantitative estimate of drug-likeness (QED) is 0.111. The summed E-state index contributed by atoms with van der Waals surface area (Å²) < 4.78 is 66.3. The molecule has 0 saturated heterocycles. The second-order valence-corrected chi connectivity index (χ2v) is 23.3. The second kappa shape index (κ2) is 25.1. The molecular weight excluding hydrogens is 1130 g/mol. The van der Waals surface area contributed by atoms with E-state index in [4.69, 9.17) is 17.5 Å². The van der Waals surface area contributed by atoms with Crippen LogP contribution in [-0.2, 0) is 0 Å². The molecule has 0 heterocycles. The Morgan fingerprint density at radius 3 is 1.03 bits per heavy atom. The zero-order valence-corrected chi connectivity index (χ0v) is 51.0. The predicted octanol–water partition coefficient (Wildman–Crippen LogP) is 26.5. The van der Waals surface area contributed by atoms with Crippen molar-refractivity contribution in [3.63, 3.8) is 0 Å². The highest BCUT2D eigenvalue weighted by atomic mass is 14.6. The Labute approximate surface area is 559 Å². The van der Waals surface area contributed by atoms with Gasteiger partial charge in [-0.2, -0.15) is 0 Å². The van der Waals surface area contributed by atoms with E-state index in [-0.39, 0.29) is 53.9 Å². The van der Waals surface area contributed by atoms with Crippen LogP contribution in [0.5, 0.6) is 0 Å². The van der Waals surface area contributed by atoms with Crippen LogP contribution in [0.25, 0.3) is 169 Å². The van der Waals surface area contributed by atoms with Crippen molar-refractivity contribution >= 4 is 91.9 Å². The molecule has 1 nitrogen and oxygen atoms in total. The molecule has 0 atom stereocenters. The predicted molar refractivity (Wildman–Crippen MR) is 404 cm³/mol. The van der Waals surface area contributed by atoms with Crippen LogP contribution in [0.4, 0.5) is 5.69 Å². The molecule has 1 heteroatoms. The molecule has 0 bridgehead atoms. The van der Waals surface area contributed by atoms with E-state index in [0.717, 1.165) is 87.2 Å². The molecule has 0 saturated carbocycles. The summed E-state index contributed by atoms with van der Waals surface area (Å²) in [5.41, 5.74) is 15.0. The molecule has 0 radical (unpaired) electrons. The molecule has 438 valence electrons. The van der Waals surface area contributed by atoms with Gasteiger partial charge < -0.3 is 0 Å². The van der Waals surface area contributed by atoms with Gasteiger partial charge in [0.1, 0.15) is 0 Å². The minimum atomic E-state index is -0.385. The summed E-state index contributed by atoms with van der Waals surface area (Å²) in [6.45, 7) is 7.38. The maximum Gasteiger partial charge on any atom is 0.187 e. The molecule has 0 aliphatic carbocycles. The van der Waals surface area contributed by atoms with Crippen molar-refractivity contribution in [2.75, 3.05) is 0 Å². The van der Waals surface area contributed by atoms with Gasteiger partial charge in [-0.3, -0.25) is 0 Å². The zero-order chi connectivity index (χ0) is 69.7. The molecule has 18 aromatic rings. The van der Waals surface area contributed by atoms with Crippen LogP contribution in [0.2, 0.25) is 0 Å².